The van der Waals surface area contributed by atoms with Gasteiger partial charge >= 0.3 is 0 Å². The highest BCUT2D eigenvalue weighted by Gasteiger charge is 2.26. The third-order valence-corrected chi connectivity index (χ3v) is 4.32. The number of rotatable bonds is 3. The van der Waals surface area contributed by atoms with Crippen molar-refractivity contribution >= 4 is 46.0 Å². The van der Waals surface area contributed by atoms with E-state index in [0.717, 1.165) is 14.8 Å². The van der Waals surface area contributed by atoms with Crippen LogP contribution in [0.2, 0.25) is 0 Å². The Balaban J connectivity index is 1.93. The molecule has 1 heterocycles. The molecule has 1 fully saturated rings. The number of piperidine rings is 1. The van der Waals surface area contributed by atoms with E-state index in [9.17, 15) is 14.4 Å². The molecule has 1 aliphatic heterocycles. The molecule has 0 aromatic heterocycles. The van der Waals surface area contributed by atoms with Gasteiger partial charge in [0.05, 0.1) is 0 Å². The zero-order valence-corrected chi connectivity index (χ0v) is 13.2. The van der Waals surface area contributed by atoms with Gasteiger partial charge in [-0.3, -0.25) is 19.7 Å². The first-order chi connectivity index (χ1) is 9.44. The molecule has 0 aliphatic carbocycles. The smallest absolute Gasteiger partial charge is 0.226 e. The molecule has 0 bridgehead atoms. The van der Waals surface area contributed by atoms with Gasteiger partial charge in [0.15, 0.2) is 0 Å². The van der Waals surface area contributed by atoms with Crippen LogP contribution in [0, 0.1) is 16.4 Å². The molecule has 0 saturated carbocycles. The minimum atomic E-state index is -0.302. The third-order valence-electron chi connectivity index (χ3n) is 3.16. The van der Waals surface area contributed by atoms with E-state index in [-0.39, 0.29) is 42.9 Å². The number of imide groups is 1. The molecule has 1 aromatic carbocycles. The molecule has 3 amide bonds. The number of carbonyl (C=O) groups is 3. The van der Waals surface area contributed by atoms with Gasteiger partial charge in [0.25, 0.3) is 0 Å². The summed E-state index contributed by atoms with van der Waals surface area (Å²) in [7, 11) is 0. The first-order valence-electron chi connectivity index (χ1n) is 6.32. The van der Waals surface area contributed by atoms with Gasteiger partial charge in [-0.25, -0.2) is 0 Å². The molecule has 5 nitrogen and oxygen atoms in total. The number of carbonyl (C=O) groups excluding carboxylic acids is 3. The SMILES string of the molecule is Cc1ccc(NC(=O)CC2CC(=O)NC(=O)C2)cc1I. The standard InChI is InChI=1S/C14H15IN2O3/c1-8-2-3-10(7-11(8)15)16-12(18)4-9-5-13(19)17-14(20)6-9/h2-3,7,9H,4-6H2,1H3,(H,16,18)(H,17,19,20). The molecular weight excluding hydrogens is 371 g/mol. The minimum absolute atomic E-state index is 0.169. The molecule has 1 saturated heterocycles. The number of hydrogen-bond donors (Lipinski definition) is 2. The van der Waals surface area contributed by atoms with Crippen LogP contribution in [-0.2, 0) is 14.4 Å². The van der Waals surface area contributed by atoms with E-state index in [1.807, 2.05) is 25.1 Å². The lowest BCUT2D eigenvalue weighted by molar-refractivity contribution is -0.135. The summed E-state index contributed by atoms with van der Waals surface area (Å²) in [4.78, 5) is 34.4. The zero-order chi connectivity index (χ0) is 14.7. The molecule has 0 spiro atoms. The summed E-state index contributed by atoms with van der Waals surface area (Å²) in [5.74, 6) is -0.981. The van der Waals surface area contributed by atoms with Crippen LogP contribution in [0.1, 0.15) is 24.8 Å². The molecular formula is C14H15IN2O3. The molecule has 6 heteroatoms. The molecule has 1 aromatic rings. The van der Waals surface area contributed by atoms with E-state index in [2.05, 4.69) is 33.2 Å². The largest absolute Gasteiger partial charge is 0.326 e. The van der Waals surface area contributed by atoms with Gasteiger partial charge in [0, 0.05) is 28.5 Å². The van der Waals surface area contributed by atoms with Crippen LogP contribution in [0.15, 0.2) is 18.2 Å². The lowest BCUT2D eigenvalue weighted by Gasteiger charge is -2.20. The second-order valence-electron chi connectivity index (χ2n) is 4.96. The number of hydrogen-bond acceptors (Lipinski definition) is 3. The first-order valence-corrected chi connectivity index (χ1v) is 7.40. The van der Waals surface area contributed by atoms with Crippen molar-refractivity contribution in [3.05, 3.63) is 27.3 Å². The van der Waals surface area contributed by atoms with Gasteiger partial charge in [-0.2, -0.15) is 0 Å². The van der Waals surface area contributed by atoms with Crippen LogP contribution in [0.3, 0.4) is 0 Å². The van der Waals surface area contributed by atoms with Crippen molar-refractivity contribution in [1.29, 1.82) is 0 Å². The highest BCUT2D eigenvalue weighted by atomic mass is 127. The predicted molar refractivity (Wildman–Crippen MR) is 83.0 cm³/mol. The number of benzene rings is 1. The predicted octanol–water partition coefficient (Wildman–Crippen LogP) is 1.98. The Bertz CT molecular complexity index is 556. The van der Waals surface area contributed by atoms with Crippen LogP contribution >= 0.6 is 22.6 Å². The highest BCUT2D eigenvalue weighted by Crippen LogP contribution is 2.20. The number of aryl methyl sites for hydroxylation is 1. The van der Waals surface area contributed by atoms with Gasteiger partial charge in [0.1, 0.15) is 0 Å². The molecule has 0 atom stereocenters. The number of halogens is 1. The topological polar surface area (TPSA) is 75.3 Å². The van der Waals surface area contributed by atoms with E-state index < -0.39 is 0 Å². The summed E-state index contributed by atoms with van der Waals surface area (Å²) in [5, 5.41) is 5.04. The third kappa shape index (κ3) is 4.03. The maximum absolute atomic E-state index is 11.9. The molecule has 106 valence electrons. The molecule has 1 aliphatic rings. The van der Waals surface area contributed by atoms with E-state index in [0.29, 0.717) is 0 Å². The quantitative estimate of drug-likeness (QED) is 0.616. The first kappa shape index (κ1) is 15.0. The minimum Gasteiger partial charge on any atom is -0.326 e. The van der Waals surface area contributed by atoms with E-state index in [1.165, 1.54) is 0 Å². The van der Waals surface area contributed by atoms with Gasteiger partial charge in [-0.15, -0.1) is 0 Å². The van der Waals surface area contributed by atoms with Crippen LogP contribution in [-0.4, -0.2) is 17.7 Å². The summed E-state index contributed by atoms with van der Waals surface area (Å²) in [6.07, 6.45) is 0.638. The number of amides is 3. The van der Waals surface area contributed by atoms with Gasteiger partial charge < -0.3 is 5.32 Å². The molecule has 2 rings (SSSR count). The second-order valence-corrected chi connectivity index (χ2v) is 6.12. The van der Waals surface area contributed by atoms with Crippen molar-refractivity contribution in [3.8, 4) is 0 Å². The summed E-state index contributed by atoms with van der Waals surface area (Å²) >= 11 is 2.21. The van der Waals surface area contributed by atoms with Crippen LogP contribution < -0.4 is 10.6 Å². The van der Waals surface area contributed by atoms with Crippen molar-refractivity contribution < 1.29 is 14.4 Å². The summed E-state index contributed by atoms with van der Waals surface area (Å²) in [5.41, 5.74) is 1.88. The van der Waals surface area contributed by atoms with Gasteiger partial charge in [-0.05, 0) is 53.1 Å². The van der Waals surface area contributed by atoms with Crippen molar-refractivity contribution in [3.63, 3.8) is 0 Å². The molecule has 0 unspecified atom stereocenters. The Morgan fingerprint density at radius 3 is 2.60 bits per heavy atom. The summed E-state index contributed by atoms with van der Waals surface area (Å²) in [6.45, 7) is 2.00. The van der Waals surface area contributed by atoms with E-state index >= 15 is 0 Å². The Hall–Kier alpha value is -1.44. The maximum atomic E-state index is 11.9. The average Bonchev–Trinajstić information content (AvgIpc) is 2.32. The number of anilines is 1. The van der Waals surface area contributed by atoms with Crippen molar-refractivity contribution in [1.82, 2.24) is 5.32 Å². The highest BCUT2D eigenvalue weighted by molar-refractivity contribution is 14.1. The van der Waals surface area contributed by atoms with Crippen LogP contribution in [0.4, 0.5) is 5.69 Å². The lowest BCUT2D eigenvalue weighted by Crippen LogP contribution is -2.39. The van der Waals surface area contributed by atoms with Crippen molar-refractivity contribution in [2.75, 3.05) is 5.32 Å². The van der Waals surface area contributed by atoms with Crippen LogP contribution in [0.5, 0.6) is 0 Å². The Kier molecular flexibility index (Phi) is 4.74. The lowest BCUT2D eigenvalue weighted by atomic mass is 9.93. The van der Waals surface area contributed by atoms with Gasteiger partial charge in [-0.1, -0.05) is 6.07 Å². The zero-order valence-electron chi connectivity index (χ0n) is 11.0. The molecule has 2 N–H and O–H groups in total. The average molecular weight is 386 g/mol. The van der Waals surface area contributed by atoms with Crippen molar-refractivity contribution in [2.45, 2.75) is 26.2 Å². The second kappa shape index (κ2) is 6.34. The van der Waals surface area contributed by atoms with Crippen LogP contribution in [0.25, 0.3) is 0 Å². The number of nitrogens with one attached hydrogen (secondary N) is 2. The monoisotopic (exact) mass is 386 g/mol. The fourth-order valence-corrected chi connectivity index (χ4v) is 2.66. The Morgan fingerprint density at radius 1 is 1.35 bits per heavy atom. The summed E-state index contributed by atoms with van der Waals surface area (Å²) < 4.78 is 1.08. The Morgan fingerprint density at radius 2 is 2.00 bits per heavy atom. The maximum Gasteiger partial charge on any atom is 0.226 e. The van der Waals surface area contributed by atoms with Crippen molar-refractivity contribution in [2.24, 2.45) is 5.92 Å². The van der Waals surface area contributed by atoms with Gasteiger partial charge in [0.2, 0.25) is 17.7 Å². The Labute approximate surface area is 130 Å². The van der Waals surface area contributed by atoms with E-state index in [4.69, 9.17) is 0 Å². The normalized spacial score (nSPS) is 15.9. The fraction of sp³-hybridized carbons (Fsp3) is 0.357. The fourth-order valence-electron chi connectivity index (χ4n) is 2.14. The van der Waals surface area contributed by atoms with E-state index in [1.54, 1.807) is 0 Å². The molecule has 20 heavy (non-hydrogen) atoms. The summed E-state index contributed by atoms with van der Waals surface area (Å²) in [6, 6.07) is 5.68. The molecule has 0 radical (unpaired) electrons.